The van der Waals surface area contributed by atoms with Crippen LogP contribution in [0.1, 0.15) is 11.1 Å². The zero-order valence-corrected chi connectivity index (χ0v) is 15.1. The molecule has 0 radical (unpaired) electrons. The quantitative estimate of drug-likeness (QED) is 0.566. The fourth-order valence-corrected chi connectivity index (χ4v) is 3.31. The van der Waals surface area contributed by atoms with E-state index < -0.39 is 0 Å². The van der Waals surface area contributed by atoms with Gasteiger partial charge in [-0.25, -0.2) is 0 Å². The normalized spacial score (nSPS) is 10.7. The Morgan fingerprint density at radius 3 is 2.83 bits per heavy atom. The lowest BCUT2D eigenvalue weighted by Crippen LogP contribution is -1.90. The predicted octanol–water partition coefficient (Wildman–Crippen LogP) is 5.11. The van der Waals surface area contributed by atoms with Gasteiger partial charge in [0.2, 0.25) is 5.89 Å². The van der Waals surface area contributed by atoms with Crippen LogP contribution in [-0.2, 0) is 5.75 Å². The van der Waals surface area contributed by atoms with Crippen molar-refractivity contribution >= 4 is 27.7 Å². The molecule has 0 atom stereocenters. The summed E-state index contributed by atoms with van der Waals surface area (Å²) in [5.41, 5.74) is 3.17. The Labute approximate surface area is 147 Å². The van der Waals surface area contributed by atoms with E-state index in [1.165, 1.54) is 11.8 Å². The van der Waals surface area contributed by atoms with Crippen LogP contribution in [0.25, 0.3) is 11.5 Å². The number of benzene rings is 2. The molecule has 6 heteroatoms. The summed E-state index contributed by atoms with van der Waals surface area (Å²) in [6.45, 7) is 2.04. The Morgan fingerprint density at radius 1 is 1.17 bits per heavy atom. The molecule has 0 fully saturated rings. The molecule has 0 aliphatic carbocycles. The Hall–Kier alpha value is -1.79. The second-order valence-corrected chi connectivity index (χ2v) is 6.83. The zero-order valence-electron chi connectivity index (χ0n) is 12.7. The first kappa shape index (κ1) is 16.1. The van der Waals surface area contributed by atoms with E-state index in [1.54, 1.807) is 7.11 Å². The third kappa shape index (κ3) is 3.95. The fourth-order valence-electron chi connectivity index (χ4n) is 2.16. The highest BCUT2D eigenvalue weighted by Gasteiger charge is 2.11. The van der Waals surface area contributed by atoms with Gasteiger partial charge in [-0.05, 0) is 37.3 Å². The molecule has 0 amide bonds. The van der Waals surface area contributed by atoms with Gasteiger partial charge >= 0.3 is 0 Å². The lowest BCUT2D eigenvalue weighted by atomic mass is 10.1. The number of ether oxygens (including phenoxy) is 1. The standard InChI is InChI=1S/C17H15BrN2O2S/c1-11-4-3-5-12(8-11)16-19-20-17(22-16)23-10-13-9-14(18)6-7-15(13)21-2/h3-9H,10H2,1-2H3. The van der Waals surface area contributed by atoms with E-state index in [0.717, 1.165) is 26.9 Å². The van der Waals surface area contributed by atoms with E-state index in [0.29, 0.717) is 16.9 Å². The van der Waals surface area contributed by atoms with Crippen LogP contribution in [0.5, 0.6) is 5.75 Å². The Bertz CT molecular complexity index is 820. The van der Waals surface area contributed by atoms with Crippen molar-refractivity contribution in [3.8, 4) is 17.2 Å². The first-order valence-electron chi connectivity index (χ1n) is 7.01. The van der Waals surface area contributed by atoms with E-state index in [4.69, 9.17) is 9.15 Å². The van der Waals surface area contributed by atoms with Gasteiger partial charge in [0, 0.05) is 21.4 Å². The number of methoxy groups -OCH3 is 1. The minimum atomic E-state index is 0.539. The lowest BCUT2D eigenvalue weighted by Gasteiger charge is -2.07. The molecule has 0 aliphatic rings. The molecule has 1 aromatic heterocycles. The zero-order chi connectivity index (χ0) is 16.2. The average molecular weight is 391 g/mol. The summed E-state index contributed by atoms with van der Waals surface area (Å²) in [5, 5.41) is 8.78. The molecule has 1 heterocycles. The second kappa shape index (κ2) is 7.19. The summed E-state index contributed by atoms with van der Waals surface area (Å²) >= 11 is 4.97. The SMILES string of the molecule is COc1ccc(Br)cc1CSc1nnc(-c2cccc(C)c2)o1. The van der Waals surface area contributed by atoms with Crippen molar-refractivity contribution in [3.63, 3.8) is 0 Å². The molecule has 4 nitrogen and oxygen atoms in total. The summed E-state index contributed by atoms with van der Waals surface area (Å²) < 4.78 is 12.1. The van der Waals surface area contributed by atoms with E-state index >= 15 is 0 Å². The number of hydrogen-bond acceptors (Lipinski definition) is 5. The van der Waals surface area contributed by atoms with Gasteiger partial charge in [-0.1, -0.05) is 45.4 Å². The molecule has 23 heavy (non-hydrogen) atoms. The van der Waals surface area contributed by atoms with Gasteiger partial charge in [-0.15, -0.1) is 10.2 Å². The number of nitrogens with zero attached hydrogens (tertiary/aromatic N) is 2. The third-order valence-corrected chi connectivity index (χ3v) is 4.63. The maximum Gasteiger partial charge on any atom is 0.277 e. The van der Waals surface area contributed by atoms with Crippen LogP contribution in [0.4, 0.5) is 0 Å². The molecule has 0 bridgehead atoms. The molecule has 0 saturated carbocycles. The van der Waals surface area contributed by atoms with Gasteiger partial charge in [0.1, 0.15) is 5.75 Å². The monoisotopic (exact) mass is 390 g/mol. The molecular weight excluding hydrogens is 376 g/mol. The summed E-state index contributed by atoms with van der Waals surface area (Å²) in [6.07, 6.45) is 0. The van der Waals surface area contributed by atoms with Crippen molar-refractivity contribution in [1.29, 1.82) is 0 Å². The topological polar surface area (TPSA) is 48.2 Å². The Balaban J connectivity index is 1.74. The number of thioether (sulfide) groups is 1. The number of aromatic nitrogens is 2. The van der Waals surface area contributed by atoms with Gasteiger partial charge in [0.15, 0.2) is 0 Å². The fraction of sp³-hybridized carbons (Fsp3) is 0.176. The molecule has 0 N–H and O–H groups in total. The first-order chi connectivity index (χ1) is 11.2. The lowest BCUT2D eigenvalue weighted by molar-refractivity contribution is 0.411. The van der Waals surface area contributed by atoms with Crippen molar-refractivity contribution in [2.45, 2.75) is 17.9 Å². The van der Waals surface area contributed by atoms with Crippen LogP contribution in [-0.4, -0.2) is 17.3 Å². The molecule has 3 rings (SSSR count). The van der Waals surface area contributed by atoms with Crippen molar-refractivity contribution < 1.29 is 9.15 Å². The molecule has 0 spiro atoms. The second-order valence-electron chi connectivity index (χ2n) is 4.99. The number of rotatable bonds is 5. The van der Waals surface area contributed by atoms with Crippen LogP contribution in [0.3, 0.4) is 0 Å². The maximum absolute atomic E-state index is 5.74. The van der Waals surface area contributed by atoms with E-state index in [9.17, 15) is 0 Å². The van der Waals surface area contributed by atoms with E-state index in [-0.39, 0.29) is 0 Å². The Kier molecular flexibility index (Phi) is 5.03. The van der Waals surface area contributed by atoms with E-state index in [2.05, 4.69) is 26.1 Å². The largest absolute Gasteiger partial charge is 0.496 e. The van der Waals surface area contributed by atoms with Crippen LogP contribution in [0, 0.1) is 6.92 Å². The summed E-state index contributed by atoms with van der Waals surface area (Å²) in [6, 6.07) is 13.9. The van der Waals surface area contributed by atoms with Crippen LogP contribution in [0.15, 0.2) is 56.6 Å². The summed E-state index contributed by atoms with van der Waals surface area (Å²) in [5.74, 6) is 2.08. The van der Waals surface area contributed by atoms with Gasteiger partial charge in [0.25, 0.3) is 5.22 Å². The highest BCUT2D eigenvalue weighted by atomic mass is 79.9. The van der Waals surface area contributed by atoms with Crippen molar-refractivity contribution in [2.24, 2.45) is 0 Å². The molecule has 0 unspecified atom stereocenters. The number of aryl methyl sites for hydroxylation is 1. The maximum atomic E-state index is 5.74. The average Bonchev–Trinajstić information content (AvgIpc) is 3.02. The number of hydrogen-bond donors (Lipinski definition) is 0. The molecule has 0 aliphatic heterocycles. The first-order valence-corrected chi connectivity index (χ1v) is 8.79. The van der Waals surface area contributed by atoms with Crippen LogP contribution < -0.4 is 4.74 Å². The molecular formula is C17H15BrN2O2S. The Morgan fingerprint density at radius 2 is 2.04 bits per heavy atom. The van der Waals surface area contributed by atoms with Crippen LogP contribution >= 0.6 is 27.7 Å². The molecule has 2 aromatic carbocycles. The summed E-state index contributed by atoms with van der Waals surface area (Å²) in [4.78, 5) is 0. The van der Waals surface area contributed by atoms with Gasteiger partial charge in [-0.3, -0.25) is 0 Å². The van der Waals surface area contributed by atoms with E-state index in [1.807, 2.05) is 49.4 Å². The molecule has 0 saturated heterocycles. The van der Waals surface area contributed by atoms with Crippen molar-refractivity contribution in [2.75, 3.05) is 7.11 Å². The summed E-state index contributed by atoms with van der Waals surface area (Å²) in [7, 11) is 1.67. The molecule has 3 aromatic rings. The predicted molar refractivity (Wildman–Crippen MR) is 94.7 cm³/mol. The van der Waals surface area contributed by atoms with Crippen molar-refractivity contribution in [1.82, 2.24) is 10.2 Å². The van der Waals surface area contributed by atoms with Gasteiger partial charge in [0.05, 0.1) is 7.11 Å². The minimum Gasteiger partial charge on any atom is -0.496 e. The molecule has 118 valence electrons. The number of halogens is 1. The van der Waals surface area contributed by atoms with Crippen LogP contribution in [0.2, 0.25) is 0 Å². The van der Waals surface area contributed by atoms with Gasteiger partial charge < -0.3 is 9.15 Å². The highest BCUT2D eigenvalue weighted by Crippen LogP contribution is 2.31. The smallest absolute Gasteiger partial charge is 0.277 e. The van der Waals surface area contributed by atoms with Crippen molar-refractivity contribution in [3.05, 3.63) is 58.1 Å². The van der Waals surface area contributed by atoms with Gasteiger partial charge in [-0.2, -0.15) is 0 Å². The third-order valence-electron chi connectivity index (χ3n) is 3.27. The highest BCUT2D eigenvalue weighted by molar-refractivity contribution is 9.10. The minimum absolute atomic E-state index is 0.539.